The fraction of sp³-hybridized carbons (Fsp3) is 0.304. The second-order valence-corrected chi connectivity index (χ2v) is 7.24. The van der Waals surface area contributed by atoms with Gasteiger partial charge < -0.3 is 13.9 Å². The summed E-state index contributed by atoms with van der Waals surface area (Å²) in [5.41, 5.74) is 2.88. The van der Waals surface area contributed by atoms with Gasteiger partial charge in [-0.1, -0.05) is 24.0 Å². The van der Waals surface area contributed by atoms with E-state index in [0.717, 1.165) is 22.6 Å². The van der Waals surface area contributed by atoms with Crippen LogP contribution in [0.15, 0.2) is 53.6 Å². The maximum absolute atomic E-state index is 12.6. The molecule has 142 valence electrons. The summed E-state index contributed by atoms with van der Waals surface area (Å²) in [6.45, 7) is 2.78. The van der Waals surface area contributed by atoms with E-state index in [1.807, 2.05) is 55.1 Å². The molecule has 0 amide bonds. The molecule has 0 unspecified atom stereocenters. The average molecular weight is 373 g/mol. The summed E-state index contributed by atoms with van der Waals surface area (Å²) in [4.78, 5) is 16.8. The van der Waals surface area contributed by atoms with Crippen LogP contribution in [0.3, 0.4) is 0 Å². The molecule has 1 aliphatic rings. The van der Waals surface area contributed by atoms with E-state index in [9.17, 15) is 4.79 Å². The van der Waals surface area contributed by atoms with Gasteiger partial charge in [0.05, 0.1) is 6.54 Å². The lowest BCUT2D eigenvalue weighted by Gasteiger charge is -2.13. The summed E-state index contributed by atoms with van der Waals surface area (Å²) in [5, 5.41) is 0. The Bertz CT molecular complexity index is 1090. The molecule has 0 aliphatic heterocycles. The number of pyridine rings is 1. The van der Waals surface area contributed by atoms with Crippen molar-refractivity contribution in [2.45, 2.75) is 32.9 Å². The molecule has 0 bridgehead atoms. The fourth-order valence-electron chi connectivity index (χ4n) is 2.96. The summed E-state index contributed by atoms with van der Waals surface area (Å²) in [7, 11) is 1.91. The highest BCUT2D eigenvalue weighted by Gasteiger charge is 2.17. The highest BCUT2D eigenvalue weighted by atomic mass is 16.5. The van der Waals surface area contributed by atoms with Crippen LogP contribution in [0.2, 0.25) is 0 Å². The number of hydrogen-bond donors (Lipinski definition) is 0. The summed E-state index contributed by atoms with van der Waals surface area (Å²) in [6.07, 6.45) is 6.05. The quantitative estimate of drug-likeness (QED) is 0.645. The first kappa shape index (κ1) is 18.1. The number of aromatic nitrogens is 3. The van der Waals surface area contributed by atoms with Crippen LogP contribution in [-0.2, 0) is 20.2 Å². The molecule has 2 aromatic heterocycles. The van der Waals surface area contributed by atoms with Gasteiger partial charge in [0.2, 0.25) is 0 Å². The average Bonchev–Trinajstić information content (AvgIpc) is 3.43. The Hall–Kier alpha value is -3.26. The highest BCUT2D eigenvalue weighted by molar-refractivity contribution is 5.37. The van der Waals surface area contributed by atoms with Gasteiger partial charge in [0.25, 0.3) is 5.56 Å². The largest absolute Gasteiger partial charge is 0.485 e. The van der Waals surface area contributed by atoms with Gasteiger partial charge in [0, 0.05) is 42.7 Å². The molecule has 3 aromatic rings. The zero-order valence-electron chi connectivity index (χ0n) is 16.2. The lowest BCUT2D eigenvalue weighted by Crippen LogP contribution is -2.22. The predicted molar refractivity (Wildman–Crippen MR) is 108 cm³/mol. The smallest absolute Gasteiger partial charge is 0.254 e. The number of imidazole rings is 1. The zero-order chi connectivity index (χ0) is 19.5. The summed E-state index contributed by atoms with van der Waals surface area (Å²) in [6, 6.07) is 11.5. The number of ether oxygens (including phenoxy) is 1. The van der Waals surface area contributed by atoms with Crippen molar-refractivity contribution >= 4 is 0 Å². The number of aryl methyl sites for hydroxylation is 2. The van der Waals surface area contributed by atoms with Gasteiger partial charge in [-0.2, -0.15) is 0 Å². The summed E-state index contributed by atoms with van der Waals surface area (Å²) in [5.74, 6) is 8.45. The Morgan fingerprint density at radius 2 is 2.00 bits per heavy atom. The third-order valence-electron chi connectivity index (χ3n) is 4.89. The SMILES string of the molecule is Cc1cc(OCc2nccn2C)cc(=O)n1Cc1ccc(C#CC2CC2)cc1. The van der Waals surface area contributed by atoms with Crippen LogP contribution in [-0.4, -0.2) is 14.1 Å². The molecule has 0 saturated heterocycles. The maximum Gasteiger partial charge on any atom is 0.254 e. The number of rotatable bonds is 5. The Morgan fingerprint density at radius 3 is 2.64 bits per heavy atom. The van der Waals surface area contributed by atoms with Crippen molar-refractivity contribution < 1.29 is 4.74 Å². The van der Waals surface area contributed by atoms with Gasteiger partial charge in [0.1, 0.15) is 18.2 Å². The molecule has 5 heteroatoms. The first-order chi connectivity index (χ1) is 13.6. The standard InChI is InChI=1S/C23H23N3O2/c1-17-13-21(28-16-22-24-11-12-25(22)2)14-23(27)26(17)15-20-9-7-19(8-10-20)6-5-18-3-4-18/h7-14,18H,3-4,15-16H2,1-2H3. The first-order valence-corrected chi connectivity index (χ1v) is 9.49. The number of benzene rings is 1. The van der Waals surface area contributed by atoms with Gasteiger partial charge >= 0.3 is 0 Å². The van der Waals surface area contributed by atoms with E-state index in [1.165, 1.54) is 18.9 Å². The van der Waals surface area contributed by atoms with Crippen molar-refractivity contribution in [2.24, 2.45) is 13.0 Å². The van der Waals surface area contributed by atoms with Gasteiger partial charge in [-0.15, -0.1) is 0 Å². The van der Waals surface area contributed by atoms with Crippen molar-refractivity contribution in [3.63, 3.8) is 0 Å². The van der Waals surface area contributed by atoms with Crippen molar-refractivity contribution in [3.05, 3.63) is 81.8 Å². The van der Waals surface area contributed by atoms with Crippen LogP contribution in [0, 0.1) is 24.7 Å². The molecule has 1 saturated carbocycles. The number of nitrogens with zero attached hydrogens (tertiary/aromatic N) is 3. The molecule has 0 spiro atoms. The lowest BCUT2D eigenvalue weighted by atomic mass is 10.1. The van der Waals surface area contributed by atoms with Gasteiger partial charge in [-0.25, -0.2) is 4.98 Å². The van der Waals surface area contributed by atoms with Crippen LogP contribution in [0.1, 0.15) is 35.5 Å². The molecule has 4 rings (SSSR count). The third kappa shape index (κ3) is 4.34. The lowest BCUT2D eigenvalue weighted by molar-refractivity contribution is 0.290. The van der Waals surface area contributed by atoms with Crippen molar-refractivity contribution in [3.8, 4) is 17.6 Å². The third-order valence-corrected chi connectivity index (χ3v) is 4.89. The molecule has 1 fully saturated rings. The molecular weight excluding hydrogens is 350 g/mol. The van der Waals surface area contributed by atoms with E-state index < -0.39 is 0 Å². The van der Waals surface area contributed by atoms with E-state index in [-0.39, 0.29) is 5.56 Å². The normalized spacial score (nSPS) is 13.1. The molecule has 0 radical (unpaired) electrons. The Balaban J connectivity index is 1.45. The van der Waals surface area contributed by atoms with Crippen LogP contribution in [0.25, 0.3) is 0 Å². The second kappa shape index (κ2) is 7.77. The van der Waals surface area contributed by atoms with E-state index in [2.05, 4.69) is 16.8 Å². The van der Waals surface area contributed by atoms with Gasteiger partial charge in [0.15, 0.2) is 0 Å². The summed E-state index contributed by atoms with van der Waals surface area (Å²) >= 11 is 0. The van der Waals surface area contributed by atoms with Gasteiger partial charge in [-0.3, -0.25) is 4.79 Å². The summed E-state index contributed by atoms with van der Waals surface area (Å²) < 4.78 is 9.40. The van der Waals surface area contributed by atoms with Crippen LogP contribution in [0.5, 0.6) is 5.75 Å². The minimum Gasteiger partial charge on any atom is -0.485 e. The Morgan fingerprint density at radius 1 is 1.21 bits per heavy atom. The van der Waals surface area contributed by atoms with Crippen molar-refractivity contribution in [1.82, 2.24) is 14.1 Å². The molecule has 0 N–H and O–H groups in total. The van der Waals surface area contributed by atoms with E-state index in [4.69, 9.17) is 4.74 Å². The van der Waals surface area contributed by atoms with Crippen molar-refractivity contribution in [2.75, 3.05) is 0 Å². The molecule has 1 aromatic carbocycles. The van der Waals surface area contributed by atoms with Gasteiger partial charge in [-0.05, 0) is 43.5 Å². The molecular formula is C23H23N3O2. The monoisotopic (exact) mass is 373 g/mol. The van der Waals surface area contributed by atoms with E-state index >= 15 is 0 Å². The topological polar surface area (TPSA) is 49.1 Å². The highest BCUT2D eigenvalue weighted by Crippen LogP contribution is 2.27. The minimum absolute atomic E-state index is 0.0764. The second-order valence-electron chi connectivity index (χ2n) is 7.24. The van der Waals surface area contributed by atoms with Crippen LogP contribution >= 0.6 is 0 Å². The Kier molecular flexibility index (Phi) is 5.03. The van der Waals surface area contributed by atoms with E-state index in [1.54, 1.807) is 10.8 Å². The van der Waals surface area contributed by atoms with Crippen LogP contribution < -0.4 is 10.3 Å². The minimum atomic E-state index is -0.0764. The van der Waals surface area contributed by atoms with E-state index in [0.29, 0.717) is 24.8 Å². The maximum atomic E-state index is 12.6. The zero-order valence-corrected chi connectivity index (χ0v) is 16.2. The molecule has 28 heavy (non-hydrogen) atoms. The van der Waals surface area contributed by atoms with Crippen molar-refractivity contribution in [1.29, 1.82) is 0 Å². The molecule has 1 aliphatic carbocycles. The fourth-order valence-corrected chi connectivity index (χ4v) is 2.96. The Labute approximate surface area is 164 Å². The first-order valence-electron chi connectivity index (χ1n) is 9.49. The van der Waals surface area contributed by atoms with Crippen LogP contribution in [0.4, 0.5) is 0 Å². The number of hydrogen-bond acceptors (Lipinski definition) is 3. The predicted octanol–water partition coefficient (Wildman–Crippen LogP) is 3.28. The molecule has 2 heterocycles. The molecule has 0 atom stereocenters. The molecule has 5 nitrogen and oxygen atoms in total.